The molecule has 0 aliphatic carbocycles. The minimum atomic E-state index is -3.58. The lowest BCUT2D eigenvalue weighted by atomic mass is 10.1. The van der Waals surface area contributed by atoms with E-state index in [1.165, 1.54) is 34.1 Å². The van der Waals surface area contributed by atoms with Gasteiger partial charge in [0.2, 0.25) is 5.88 Å². The fourth-order valence-corrected chi connectivity index (χ4v) is 4.47. The summed E-state index contributed by atoms with van der Waals surface area (Å²) in [6.07, 6.45) is 0.831. The van der Waals surface area contributed by atoms with Crippen molar-refractivity contribution >= 4 is 23.1 Å². The summed E-state index contributed by atoms with van der Waals surface area (Å²) in [5.74, 6) is -7.54. The summed E-state index contributed by atoms with van der Waals surface area (Å²) in [5.41, 5.74) is -1.29. The van der Waals surface area contributed by atoms with Crippen LogP contribution in [-0.2, 0) is 4.74 Å². The molecule has 1 atom stereocenters. The Hall–Kier alpha value is -4.76. The van der Waals surface area contributed by atoms with Crippen LogP contribution in [0.5, 0.6) is 11.9 Å². The van der Waals surface area contributed by atoms with E-state index in [4.69, 9.17) is 14.2 Å². The molecule has 240 valence electrons. The Labute approximate surface area is 254 Å². The predicted octanol–water partition coefficient (Wildman–Crippen LogP) is 6.03. The molecule has 1 aromatic carbocycles. The largest absolute Gasteiger partial charge is 0.471 e. The number of halogens is 5. The smallest absolute Gasteiger partial charge is 0.412 e. The third-order valence-corrected chi connectivity index (χ3v) is 6.23. The van der Waals surface area contributed by atoms with Gasteiger partial charge >= 0.3 is 18.0 Å². The SMILES string of the molecule is CC(C)(C)Oc1ncc(-c2cc(N3C[C@H](OC(=O)Nc4c(F)cc(F)cc4F)C(F)(F)C3)c3nccn3n2)c(OC(C)(C)C)n1. The highest BCUT2D eigenvalue weighted by molar-refractivity contribution is 5.85. The zero-order valence-corrected chi connectivity index (χ0v) is 25.2. The van der Waals surface area contributed by atoms with E-state index >= 15 is 8.78 Å². The Morgan fingerprint density at radius 2 is 1.67 bits per heavy atom. The predicted molar refractivity (Wildman–Crippen MR) is 152 cm³/mol. The van der Waals surface area contributed by atoms with Crippen molar-refractivity contribution in [3.8, 4) is 23.1 Å². The number of aromatic nitrogens is 5. The molecule has 0 unspecified atom stereocenters. The molecule has 1 saturated heterocycles. The minimum Gasteiger partial charge on any atom is -0.471 e. The van der Waals surface area contributed by atoms with Crippen LogP contribution in [0.3, 0.4) is 0 Å². The van der Waals surface area contributed by atoms with Crippen LogP contribution < -0.4 is 19.7 Å². The van der Waals surface area contributed by atoms with Crippen LogP contribution in [0.1, 0.15) is 41.5 Å². The monoisotopic (exact) mass is 635 g/mol. The highest BCUT2D eigenvalue weighted by atomic mass is 19.3. The lowest BCUT2D eigenvalue weighted by Gasteiger charge is -2.24. The normalized spacial score (nSPS) is 16.6. The quantitative estimate of drug-likeness (QED) is 0.254. The summed E-state index contributed by atoms with van der Waals surface area (Å²) < 4.78 is 89.7. The third kappa shape index (κ3) is 7.15. The van der Waals surface area contributed by atoms with E-state index in [2.05, 4.69) is 20.1 Å². The van der Waals surface area contributed by atoms with Crippen LogP contribution in [0, 0.1) is 17.5 Å². The van der Waals surface area contributed by atoms with E-state index in [9.17, 15) is 18.0 Å². The van der Waals surface area contributed by atoms with Gasteiger partial charge in [-0.2, -0.15) is 10.1 Å². The summed E-state index contributed by atoms with van der Waals surface area (Å²) in [6.45, 7) is 9.56. The number of rotatable bonds is 6. The number of alkyl halides is 2. The topological polar surface area (TPSA) is 116 Å². The van der Waals surface area contributed by atoms with Crippen molar-refractivity contribution in [2.75, 3.05) is 23.3 Å². The molecule has 1 fully saturated rings. The van der Waals surface area contributed by atoms with Gasteiger partial charge in [-0.1, -0.05) is 0 Å². The molecule has 0 spiro atoms. The molecule has 1 amide bonds. The highest BCUT2D eigenvalue weighted by Crippen LogP contribution is 2.38. The standard InChI is InChI=1S/C29H30F5N7O4/c1-27(2,3)44-24-16(12-36-25(38-24)45-28(4,5)6)19-11-20(23-35-7-8-41(23)39-19)40-13-21(29(33,34)14-40)43-26(42)37-22-17(31)9-15(30)10-18(22)32/h7-12,21H,13-14H2,1-6H3,(H,37,42)/t21-/m0/s1. The molecule has 4 aromatic rings. The highest BCUT2D eigenvalue weighted by Gasteiger charge is 2.51. The Kier molecular flexibility index (Phi) is 7.95. The van der Waals surface area contributed by atoms with Crippen LogP contribution in [0.4, 0.5) is 38.1 Å². The number of hydrogen-bond acceptors (Lipinski definition) is 9. The molecule has 16 heteroatoms. The summed E-state index contributed by atoms with van der Waals surface area (Å²) in [6, 6.07) is 2.22. The summed E-state index contributed by atoms with van der Waals surface area (Å²) in [4.78, 5) is 26.6. The van der Waals surface area contributed by atoms with Gasteiger partial charge in [-0.25, -0.2) is 41.2 Å². The second kappa shape index (κ2) is 11.3. The van der Waals surface area contributed by atoms with Gasteiger partial charge in [0.25, 0.3) is 0 Å². The molecule has 4 heterocycles. The van der Waals surface area contributed by atoms with Gasteiger partial charge in [-0.3, -0.25) is 5.32 Å². The maximum absolute atomic E-state index is 15.2. The van der Waals surface area contributed by atoms with E-state index in [0.717, 1.165) is 0 Å². The summed E-state index contributed by atoms with van der Waals surface area (Å²) in [7, 11) is 0. The average Bonchev–Trinajstić information content (AvgIpc) is 3.47. The first-order chi connectivity index (χ1) is 20.9. The van der Waals surface area contributed by atoms with Gasteiger partial charge < -0.3 is 19.1 Å². The van der Waals surface area contributed by atoms with E-state index in [-0.39, 0.29) is 28.9 Å². The summed E-state index contributed by atoms with van der Waals surface area (Å²) >= 11 is 0. The first kappa shape index (κ1) is 31.7. The molecule has 45 heavy (non-hydrogen) atoms. The van der Waals surface area contributed by atoms with Gasteiger partial charge in [-0.15, -0.1) is 0 Å². The number of hydrogen-bond donors (Lipinski definition) is 1. The van der Waals surface area contributed by atoms with Crippen molar-refractivity contribution in [2.45, 2.75) is 64.8 Å². The van der Waals surface area contributed by atoms with Crippen LogP contribution in [0.25, 0.3) is 16.9 Å². The number of carbonyl (C=O) groups excluding carboxylic acids is 1. The van der Waals surface area contributed by atoms with E-state index in [1.54, 1.807) is 5.32 Å². The number of amides is 1. The second-order valence-electron chi connectivity index (χ2n) is 12.3. The molecule has 1 aliphatic rings. The Balaban J connectivity index is 1.46. The first-order valence-corrected chi connectivity index (χ1v) is 13.7. The molecule has 0 bridgehead atoms. The van der Waals surface area contributed by atoms with Crippen molar-refractivity contribution in [3.63, 3.8) is 0 Å². The zero-order valence-electron chi connectivity index (χ0n) is 25.2. The molecule has 5 rings (SSSR count). The maximum Gasteiger partial charge on any atom is 0.412 e. The van der Waals surface area contributed by atoms with Crippen LogP contribution in [0.2, 0.25) is 0 Å². The molecule has 11 nitrogen and oxygen atoms in total. The first-order valence-electron chi connectivity index (χ1n) is 13.7. The van der Waals surface area contributed by atoms with Gasteiger partial charge in [0.05, 0.1) is 24.3 Å². The zero-order chi connectivity index (χ0) is 32.9. The van der Waals surface area contributed by atoms with E-state index < -0.39 is 65.6 Å². The Morgan fingerprint density at radius 1 is 1.00 bits per heavy atom. The molecular formula is C29H30F5N7O4. The van der Waals surface area contributed by atoms with Crippen LogP contribution in [0.15, 0.2) is 36.8 Å². The molecule has 0 saturated carbocycles. The lowest BCUT2D eigenvalue weighted by Crippen LogP contribution is -2.37. The second-order valence-corrected chi connectivity index (χ2v) is 12.3. The van der Waals surface area contributed by atoms with Gasteiger partial charge in [0, 0.05) is 30.7 Å². The van der Waals surface area contributed by atoms with Crippen LogP contribution >= 0.6 is 0 Å². The molecular weight excluding hydrogens is 605 g/mol. The Morgan fingerprint density at radius 3 is 2.31 bits per heavy atom. The number of nitrogens with one attached hydrogen (secondary N) is 1. The van der Waals surface area contributed by atoms with Crippen molar-refractivity contribution in [3.05, 3.63) is 54.2 Å². The van der Waals surface area contributed by atoms with Crippen LogP contribution in [-0.4, -0.2) is 67.0 Å². The fourth-order valence-electron chi connectivity index (χ4n) is 4.47. The molecule has 3 aromatic heterocycles. The number of carbonyl (C=O) groups is 1. The molecule has 1 aliphatic heterocycles. The lowest BCUT2D eigenvalue weighted by molar-refractivity contribution is -0.0735. The van der Waals surface area contributed by atoms with Crippen molar-refractivity contribution in [1.82, 2.24) is 24.6 Å². The van der Waals surface area contributed by atoms with Gasteiger partial charge in [0.1, 0.15) is 28.4 Å². The van der Waals surface area contributed by atoms with Crippen molar-refractivity contribution in [1.29, 1.82) is 0 Å². The maximum atomic E-state index is 15.2. The number of nitrogens with zero attached hydrogens (tertiary/aromatic N) is 6. The number of fused-ring (bicyclic) bond motifs is 1. The van der Waals surface area contributed by atoms with Crippen molar-refractivity contribution in [2.24, 2.45) is 0 Å². The average molecular weight is 636 g/mol. The number of anilines is 2. The minimum absolute atomic E-state index is 0.0623. The number of imidazole rings is 1. The number of ether oxygens (including phenoxy) is 3. The van der Waals surface area contributed by atoms with Crippen molar-refractivity contribution < 1.29 is 41.0 Å². The van der Waals surface area contributed by atoms with Gasteiger partial charge in [0.15, 0.2) is 23.4 Å². The Bertz CT molecular complexity index is 1730. The third-order valence-electron chi connectivity index (χ3n) is 6.23. The van der Waals surface area contributed by atoms with E-state index in [1.807, 2.05) is 41.5 Å². The van der Waals surface area contributed by atoms with Gasteiger partial charge in [-0.05, 0) is 47.6 Å². The fraction of sp³-hybridized carbons (Fsp3) is 0.414. The molecule has 0 radical (unpaired) electrons. The van der Waals surface area contributed by atoms with E-state index in [0.29, 0.717) is 17.7 Å². The number of benzene rings is 1. The molecule has 1 N–H and O–H groups in total. The summed E-state index contributed by atoms with van der Waals surface area (Å²) in [5, 5.41) is 6.28.